The second-order valence-electron chi connectivity index (χ2n) is 6.93. The Labute approximate surface area is 121 Å². The highest BCUT2D eigenvalue weighted by molar-refractivity contribution is 5.44. The summed E-state index contributed by atoms with van der Waals surface area (Å²) in [5, 5.41) is 3.61. The van der Waals surface area contributed by atoms with Crippen molar-refractivity contribution in [2.45, 2.75) is 44.9 Å². The number of fused-ring (bicyclic) bond motifs is 1. The molecule has 1 aromatic rings. The molecule has 2 aliphatic heterocycles. The van der Waals surface area contributed by atoms with E-state index in [4.69, 9.17) is 4.98 Å². The summed E-state index contributed by atoms with van der Waals surface area (Å²) in [6.07, 6.45) is 9.15. The van der Waals surface area contributed by atoms with Crippen LogP contribution in [-0.2, 0) is 12.8 Å². The number of hydrogen-bond acceptors (Lipinski definition) is 3. The van der Waals surface area contributed by atoms with Crippen LogP contribution in [-0.4, -0.2) is 31.2 Å². The van der Waals surface area contributed by atoms with Crippen LogP contribution in [0.5, 0.6) is 0 Å². The van der Waals surface area contributed by atoms with E-state index in [1.165, 1.54) is 88.2 Å². The third kappa shape index (κ3) is 2.22. The minimum atomic E-state index is 0.511. The Hall–Kier alpha value is -1.09. The Bertz CT molecular complexity index is 485. The van der Waals surface area contributed by atoms with Gasteiger partial charge in [0.05, 0.1) is 0 Å². The molecule has 2 saturated heterocycles. The zero-order chi connectivity index (χ0) is 13.4. The number of rotatable bonds is 1. The van der Waals surface area contributed by atoms with E-state index in [1.54, 1.807) is 0 Å². The lowest BCUT2D eigenvalue weighted by Crippen LogP contribution is -2.51. The zero-order valence-electron chi connectivity index (χ0n) is 12.3. The molecular formula is C17H25N3. The van der Waals surface area contributed by atoms with E-state index in [0.29, 0.717) is 5.41 Å². The summed E-state index contributed by atoms with van der Waals surface area (Å²) in [6, 6.07) is 4.59. The SMILES string of the molecule is c1cc2c(nc1N1CCCC3(CCCNC3)C1)CCC2. The largest absolute Gasteiger partial charge is 0.356 e. The van der Waals surface area contributed by atoms with Gasteiger partial charge >= 0.3 is 0 Å². The fraction of sp³-hybridized carbons (Fsp3) is 0.706. The summed E-state index contributed by atoms with van der Waals surface area (Å²) in [5.41, 5.74) is 3.36. The standard InChI is InChI=1S/C17H25N3/c1-4-14-6-7-16(19-15(14)5-1)20-11-3-9-17(13-20)8-2-10-18-12-17/h6-7,18H,1-5,8-13H2. The normalized spacial score (nSPS) is 29.7. The molecule has 1 spiro atoms. The van der Waals surface area contributed by atoms with Crippen LogP contribution >= 0.6 is 0 Å². The molecule has 3 nitrogen and oxygen atoms in total. The number of piperidine rings is 2. The van der Waals surface area contributed by atoms with Crippen molar-refractivity contribution >= 4 is 5.82 Å². The summed E-state index contributed by atoms with van der Waals surface area (Å²) in [6.45, 7) is 4.80. The number of nitrogens with zero attached hydrogens (tertiary/aromatic N) is 2. The summed E-state index contributed by atoms with van der Waals surface area (Å²) < 4.78 is 0. The Morgan fingerprint density at radius 1 is 1.10 bits per heavy atom. The maximum atomic E-state index is 4.96. The van der Waals surface area contributed by atoms with Gasteiger partial charge in [-0.25, -0.2) is 4.98 Å². The summed E-state index contributed by atoms with van der Waals surface area (Å²) in [5.74, 6) is 1.23. The van der Waals surface area contributed by atoms with Gasteiger partial charge in [-0.05, 0) is 63.1 Å². The first-order valence-corrected chi connectivity index (χ1v) is 8.29. The highest BCUT2D eigenvalue weighted by Gasteiger charge is 2.37. The summed E-state index contributed by atoms with van der Waals surface area (Å²) >= 11 is 0. The lowest BCUT2D eigenvalue weighted by atomic mass is 9.74. The summed E-state index contributed by atoms with van der Waals surface area (Å²) in [7, 11) is 0. The van der Waals surface area contributed by atoms with Crippen molar-refractivity contribution in [1.29, 1.82) is 0 Å². The van der Waals surface area contributed by atoms with Crippen molar-refractivity contribution < 1.29 is 0 Å². The molecule has 3 heterocycles. The fourth-order valence-corrected chi connectivity index (χ4v) is 4.37. The molecule has 2 fully saturated rings. The molecule has 3 aliphatic rings. The second-order valence-corrected chi connectivity index (χ2v) is 6.93. The third-order valence-electron chi connectivity index (χ3n) is 5.46. The van der Waals surface area contributed by atoms with Gasteiger partial charge in [-0.1, -0.05) is 6.07 Å². The van der Waals surface area contributed by atoms with E-state index in [-0.39, 0.29) is 0 Å². The number of pyridine rings is 1. The molecule has 0 bridgehead atoms. The van der Waals surface area contributed by atoms with Crippen molar-refractivity contribution in [1.82, 2.24) is 10.3 Å². The molecule has 1 atom stereocenters. The minimum Gasteiger partial charge on any atom is -0.356 e. The molecule has 4 rings (SSSR count). The Morgan fingerprint density at radius 2 is 2.05 bits per heavy atom. The van der Waals surface area contributed by atoms with Gasteiger partial charge in [-0.15, -0.1) is 0 Å². The Morgan fingerprint density at radius 3 is 2.95 bits per heavy atom. The maximum Gasteiger partial charge on any atom is 0.128 e. The number of anilines is 1. The van der Waals surface area contributed by atoms with Crippen LogP contribution < -0.4 is 10.2 Å². The molecular weight excluding hydrogens is 246 g/mol. The first-order chi connectivity index (χ1) is 9.85. The smallest absolute Gasteiger partial charge is 0.128 e. The molecule has 1 aliphatic carbocycles. The molecule has 0 aromatic carbocycles. The highest BCUT2D eigenvalue weighted by atomic mass is 15.2. The highest BCUT2D eigenvalue weighted by Crippen LogP contribution is 2.37. The molecule has 0 saturated carbocycles. The predicted octanol–water partition coefficient (Wildman–Crippen LogP) is 2.54. The fourth-order valence-electron chi connectivity index (χ4n) is 4.37. The van der Waals surface area contributed by atoms with E-state index in [0.717, 1.165) is 0 Å². The molecule has 0 amide bonds. The van der Waals surface area contributed by atoms with Gasteiger partial charge in [0.15, 0.2) is 0 Å². The number of nitrogens with one attached hydrogen (secondary N) is 1. The van der Waals surface area contributed by atoms with E-state index in [2.05, 4.69) is 22.3 Å². The van der Waals surface area contributed by atoms with Gasteiger partial charge in [0.25, 0.3) is 0 Å². The van der Waals surface area contributed by atoms with Gasteiger partial charge in [0, 0.05) is 30.7 Å². The maximum absolute atomic E-state index is 4.96. The van der Waals surface area contributed by atoms with Crippen LogP contribution in [0.1, 0.15) is 43.4 Å². The molecule has 3 heteroatoms. The molecule has 108 valence electrons. The van der Waals surface area contributed by atoms with Gasteiger partial charge in [-0.3, -0.25) is 0 Å². The summed E-state index contributed by atoms with van der Waals surface area (Å²) in [4.78, 5) is 7.51. The first-order valence-electron chi connectivity index (χ1n) is 8.29. The average Bonchev–Trinajstić information content (AvgIpc) is 2.95. The number of hydrogen-bond donors (Lipinski definition) is 1. The second kappa shape index (κ2) is 5.03. The van der Waals surface area contributed by atoms with Crippen molar-refractivity contribution in [3.8, 4) is 0 Å². The van der Waals surface area contributed by atoms with Crippen LogP contribution in [0, 0.1) is 5.41 Å². The van der Waals surface area contributed by atoms with Crippen LogP contribution in [0.15, 0.2) is 12.1 Å². The minimum absolute atomic E-state index is 0.511. The third-order valence-corrected chi connectivity index (χ3v) is 5.46. The Kier molecular flexibility index (Phi) is 3.18. The van der Waals surface area contributed by atoms with Gasteiger partial charge in [0.1, 0.15) is 5.82 Å². The van der Waals surface area contributed by atoms with Crippen LogP contribution in [0.25, 0.3) is 0 Å². The molecule has 20 heavy (non-hydrogen) atoms. The van der Waals surface area contributed by atoms with Crippen molar-refractivity contribution in [2.24, 2.45) is 5.41 Å². The van der Waals surface area contributed by atoms with Gasteiger partial charge < -0.3 is 10.2 Å². The van der Waals surface area contributed by atoms with Crippen molar-refractivity contribution in [3.05, 3.63) is 23.4 Å². The first kappa shape index (κ1) is 12.6. The van der Waals surface area contributed by atoms with Crippen molar-refractivity contribution in [2.75, 3.05) is 31.1 Å². The number of aryl methyl sites for hydroxylation is 2. The average molecular weight is 271 g/mol. The van der Waals surface area contributed by atoms with E-state index in [1.807, 2.05) is 0 Å². The molecule has 1 unspecified atom stereocenters. The van der Waals surface area contributed by atoms with E-state index in [9.17, 15) is 0 Å². The lowest BCUT2D eigenvalue weighted by molar-refractivity contribution is 0.173. The van der Waals surface area contributed by atoms with Gasteiger partial charge in [-0.2, -0.15) is 0 Å². The predicted molar refractivity (Wildman–Crippen MR) is 82.2 cm³/mol. The van der Waals surface area contributed by atoms with Gasteiger partial charge in [0.2, 0.25) is 0 Å². The lowest BCUT2D eigenvalue weighted by Gasteiger charge is -2.46. The van der Waals surface area contributed by atoms with Crippen LogP contribution in [0.3, 0.4) is 0 Å². The van der Waals surface area contributed by atoms with Crippen molar-refractivity contribution in [3.63, 3.8) is 0 Å². The molecule has 1 N–H and O–H groups in total. The zero-order valence-corrected chi connectivity index (χ0v) is 12.3. The number of aromatic nitrogens is 1. The molecule has 1 aromatic heterocycles. The van der Waals surface area contributed by atoms with Crippen LogP contribution in [0.2, 0.25) is 0 Å². The Balaban J connectivity index is 1.55. The monoisotopic (exact) mass is 271 g/mol. The topological polar surface area (TPSA) is 28.2 Å². The van der Waals surface area contributed by atoms with E-state index >= 15 is 0 Å². The van der Waals surface area contributed by atoms with E-state index < -0.39 is 0 Å². The molecule has 0 radical (unpaired) electrons. The quantitative estimate of drug-likeness (QED) is 0.851. The van der Waals surface area contributed by atoms with Crippen LogP contribution in [0.4, 0.5) is 5.82 Å².